The molecule has 1 atom stereocenters. The minimum absolute atomic E-state index is 0.578. The lowest BCUT2D eigenvalue weighted by Gasteiger charge is -2.13. The second-order valence-electron chi connectivity index (χ2n) is 3.17. The number of nitrogens with one attached hydrogen (secondary N) is 1. The third-order valence-electron chi connectivity index (χ3n) is 2.14. The largest absolute Gasteiger partial charge is 0.396 e. The lowest BCUT2D eigenvalue weighted by atomic mass is 10.2. The minimum atomic E-state index is 0.578. The van der Waals surface area contributed by atoms with Crippen molar-refractivity contribution in [2.45, 2.75) is 12.5 Å². The Hall–Kier alpha value is -0.900. The predicted octanol–water partition coefficient (Wildman–Crippen LogP) is 1.58. The fourth-order valence-electron chi connectivity index (χ4n) is 1.41. The van der Waals surface area contributed by atoms with Gasteiger partial charge in [-0.05, 0) is 18.2 Å². The van der Waals surface area contributed by atoms with Crippen LogP contribution in [0.5, 0.6) is 0 Å². The molecule has 1 saturated heterocycles. The lowest BCUT2D eigenvalue weighted by molar-refractivity contribution is 0.813. The van der Waals surface area contributed by atoms with E-state index in [-0.39, 0.29) is 0 Å². The molecule has 1 aromatic rings. The molecule has 3 N–H and O–H groups in total. The van der Waals surface area contributed by atoms with Crippen molar-refractivity contribution in [2.75, 3.05) is 22.6 Å². The van der Waals surface area contributed by atoms with Crippen LogP contribution in [0.25, 0.3) is 0 Å². The Kier molecular flexibility index (Phi) is 2.59. The Labute approximate surface area is 82.1 Å². The molecule has 0 aliphatic carbocycles. The molecule has 1 unspecified atom stereocenters. The standard InChI is InChI=1S/C9H13N3S/c10-8-5-11-3-1-9(8)12-7-2-4-13-6-7/h1,3,5,7H,2,4,6,10H2,(H,11,12). The second kappa shape index (κ2) is 3.87. The fraction of sp³-hybridized carbons (Fsp3) is 0.444. The van der Waals surface area contributed by atoms with E-state index in [1.54, 1.807) is 12.4 Å². The van der Waals surface area contributed by atoms with E-state index < -0.39 is 0 Å². The summed E-state index contributed by atoms with van der Waals surface area (Å²) in [6, 6.07) is 2.51. The maximum Gasteiger partial charge on any atom is 0.0736 e. The molecule has 0 saturated carbocycles. The van der Waals surface area contributed by atoms with Crippen molar-refractivity contribution >= 4 is 23.1 Å². The van der Waals surface area contributed by atoms with E-state index in [1.165, 1.54) is 17.9 Å². The summed E-state index contributed by atoms with van der Waals surface area (Å²) < 4.78 is 0. The molecular formula is C9H13N3S. The summed E-state index contributed by atoms with van der Waals surface area (Å²) in [5.41, 5.74) is 7.52. The van der Waals surface area contributed by atoms with Crippen molar-refractivity contribution in [3.05, 3.63) is 18.5 Å². The van der Waals surface area contributed by atoms with Gasteiger partial charge in [0.05, 0.1) is 17.6 Å². The summed E-state index contributed by atoms with van der Waals surface area (Å²) in [5.74, 6) is 2.43. The van der Waals surface area contributed by atoms with Crippen LogP contribution in [-0.2, 0) is 0 Å². The smallest absolute Gasteiger partial charge is 0.0736 e. The van der Waals surface area contributed by atoms with Crippen LogP contribution in [0.2, 0.25) is 0 Å². The third-order valence-corrected chi connectivity index (χ3v) is 3.30. The summed E-state index contributed by atoms with van der Waals surface area (Å²) in [4.78, 5) is 3.95. The summed E-state index contributed by atoms with van der Waals surface area (Å²) >= 11 is 1.99. The number of nitrogens with two attached hydrogens (primary N) is 1. The first-order chi connectivity index (χ1) is 6.36. The summed E-state index contributed by atoms with van der Waals surface area (Å²) in [5, 5.41) is 3.42. The molecule has 0 spiro atoms. The number of nitrogen functional groups attached to an aromatic ring is 1. The number of rotatable bonds is 2. The monoisotopic (exact) mass is 195 g/mol. The highest BCUT2D eigenvalue weighted by Gasteiger charge is 2.15. The van der Waals surface area contributed by atoms with Gasteiger partial charge in [-0.1, -0.05) is 0 Å². The molecule has 13 heavy (non-hydrogen) atoms. The Morgan fingerprint density at radius 3 is 3.23 bits per heavy atom. The topological polar surface area (TPSA) is 50.9 Å². The highest BCUT2D eigenvalue weighted by Crippen LogP contribution is 2.23. The molecule has 0 aromatic carbocycles. The van der Waals surface area contributed by atoms with Crippen molar-refractivity contribution in [1.29, 1.82) is 0 Å². The number of pyridine rings is 1. The molecule has 4 heteroatoms. The highest BCUT2D eigenvalue weighted by atomic mass is 32.2. The van der Waals surface area contributed by atoms with Gasteiger partial charge >= 0.3 is 0 Å². The Balaban J connectivity index is 2.04. The molecule has 70 valence electrons. The zero-order valence-corrected chi connectivity index (χ0v) is 8.18. The van der Waals surface area contributed by atoms with Crippen LogP contribution in [0, 0.1) is 0 Å². The van der Waals surface area contributed by atoms with Crippen LogP contribution in [0.1, 0.15) is 6.42 Å². The van der Waals surface area contributed by atoms with E-state index in [0.29, 0.717) is 6.04 Å². The van der Waals surface area contributed by atoms with Gasteiger partial charge in [0, 0.05) is 18.0 Å². The molecule has 2 rings (SSSR count). The molecule has 1 aromatic heterocycles. The van der Waals surface area contributed by atoms with Gasteiger partial charge in [-0.3, -0.25) is 4.98 Å². The first-order valence-electron chi connectivity index (χ1n) is 4.40. The number of thioether (sulfide) groups is 1. The number of hydrogen-bond acceptors (Lipinski definition) is 4. The first kappa shape index (κ1) is 8.69. The van der Waals surface area contributed by atoms with Gasteiger partial charge in [0.2, 0.25) is 0 Å². The molecule has 3 nitrogen and oxygen atoms in total. The van der Waals surface area contributed by atoms with Gasteiger partial charge < -0.3 is 11.1 Å². The number of hydrogen-bond donors (Lipinski definition) is 2. The van der Waals surface area contributed by atoms with Crippen molar-refractivity contribution in [3.8, 4) is 0 Å². The normalized spacial score (nSPS) is 21.7. The quantitative estimate of drug-likeness (QED) is 0.752. The van der Waals surface area contributed by atoms with E-state index >= 15 is 0 Å². The van der Waals surface area contributed by atoms with Crippen LogP contribution in [0.15, 0.2) is 18.5 Å². The van der Waals surface area contributed by atoms with Crippen molar-refractivity contribution < 1.29 is 0 Å². The van der Waals surface area contributed by atoms with E-state index in [4.69, 9.17) is 5.73 Å². The molecule has 1 fully saturated rings. The maximum absolute atomic E-state index is 5.77. The van der Waals surface area contributed by atoms with Crippen LogP contribution < -0.4 is 11.1 Å². The first-order valence-corrected chi connectivity index (χ1v) is 5.55. The van der Waals surface area contributed by atoms with Crippen LogP contribution in [0.4, 0.5) is 11.4 Å². The van der Waals surface area contributed by atoms with Gasteiger partial charge in [0.15, 0.2) is 0 Å². The van der Waals surface area contributed by atoms with Crippen LogP contribution in [-0.4, -0.2) is 22.5 Å². The van der Waals surface area contributed by atoms with E-state index in [1.807, 2.05) is 17.8 Å². The van der Waals surface area contributed by atoms with E-state index in [2.05, 4.69) is 10.3 Å². The predicted molar refractivity (Wildman–Crippen MR) is 58.0 cm³/mol. The van der Waals surface area contributed by atoms with Crippen molar-refractivity contribution in [3.63, 3.8) is 0 Å². The summed E-state index contributed by atoms with van der Waals surface area (Å²) in [6.45, 7) is 0. The zero-order valence-electron chi connectivity index (χ0n) is 7.36. The molecular weight excluding hydrogens is 182 g/mol. The molecule has 0 radical (unpaired) electrons. The number of aromatic nitrogens is 1. The Morgan fingerprint density at radius 2 is 2.54 bits per heavy atom. The van der Waals surface area contributed by atoms with Gasteiger partial charge in [-0.15, -0.1) is 0 Å². The Morgan fingerprint density at radius 1 is 1.62 bits per heavy atom. The third kappa shape index (κ3) is 2.06. The number of nitrogens with zero attached hydrogens (tertiary/aromatic N) is 1. The van der Waals surface area contributed by atoms with Gasteiger partial charge in [0.25, 0.3) is 0 Å². The van der Waals surface area contributed by atoms with Gasteiger partial charge in [-0.2, -0.15) is 11.8 Å². The second-order valence-corrected chi connectivity index (χ2v) is 4.32. The lowest BCUT2D eigenvalue weighted by Crippen LogP contribution is -2.18. The van der Waals surface area contributed by atoms with Crippen LogP contribution in [0.3, 0.4) is 0 Å². The number of anilines is 2. The Bertz CT molecular complexity index is 284. The highest BCUT2D eigenvalue weighted by molar-refractivity contribution is 7.99. The molecule has 0 bridgehead atoms. The SMILES string of the molecule is Nc1cnccc1NC1CCSC1. The van der Waals surface area contributed by atoms with E-state index in [9.17, 15) is 0 Å². The van der Waals surface area contributed by atoms with E-state index in [0.717, 1.165) is 11.4 Å². The molecule has 1 aliphatic rings. The minimum Gasteiger partial charge on any atom is -0.396 e. The maximum atomic E-state index is 5.77. The van der Waals surface area contributed by atoms with Gasteiger partial charge in [0.1, 0.15) is 0 Å². The van der Waals surface area contributed by atoms with Crippen molar-refractivity contribution in [2.24, 2.45) is 0 Å². The average molecular weight is 195 g/mol. The molecule has 1 aliphatic heterocycles. The molecule has 2 heterocycles. The summed E-state index contributed by atoms with van der Waals surface area (Å²) in [6.07, 6.45) is 4.68. The zero-order chi connectivity index (χ0) is 9.10. The fourth-order valence-corrected chi connectivity index (χ4v) is 2.56. The average Bonchev–Trinajstić information content (AvgIpc) is 2.61. The summed E-state index contributed by atoms with van der Waals surface area (Å²) in [7, 11) is 0. The van der Waals surface area contributed by atoms with Crippen LogP contribution >= 0.6 is 11.8 Å². The van der Waals surface area contributed by atoms with Crippen molar-refractivity contribution in [1.82, 2.24) is 4.98 Å². The molecule has 0 amide bonds. The van der Waals surface area contributed by atoms with Gasteiger partial charge in [-0.25, -0.2) is 0 Å².